The largest absolute Gasteiger partial charge is 0.409 e. The lowest BCUT2D eigenvalue weighted by Crippen LogP contribution is -2.37. The quantitative estimate of drug-likeness (QED) is 0.308. The van der Waals surface area contributed by atoms with Crippen molar-refractivity contribution in [2.24, 2.45) is 10.9 Å². The van der Waals surface area contributed by atoms with Crippen LogP contribution in [0.3, 0.4) is 0 Å². The van der Waals surface area contributed by atoms with E-state index in [1.807, 2.05) is 13.8 Å². The van der Waals surface area contributed by atoms with Crippen LogP contribution in [0.1, 0.15) is 25.3 Å². The molecule has 0 aliphatic heterocycles. The topological polar surface area (TPSA) is 105 Å². The Kier molecular flexibility index (Phi) is 5.78. The predicted molar refractivity (Wildman–Crippen MR) is 79.2 cm³/mol. The van der Waals surface area contributed by atoms with Gasteiger partial charge in [-0.2, -0.15) is 0 Å². The van der Waals surface area contributed by atoms with Gasteiger partial charge in [0.2, 0.25) is 10.0 Å². The second-order valence-electron chi connectivity index (χ2n) is 4.04. The van der Waals surface area contributed by atoms with E-state index in [2.05, 4.69) is 25.8 Å². The zero-order valence-corrected chi connectivity index (χ0v) is 13.8. The minimum Gasteiger partial charge on any atom is -0.409 e. The maximum atomic E-state index is 12.2. The molecule has 0 fully saturated rings. The predicted octanol–water partition coefficient (Wildman–Crippen LogP) is 2.01. The monoisotopic (exact) mass is 369 g/mol. The number of rotatable bonds is 6. The van der Waals surface area contributed by atoms with E-state index in [1.165, 1.54) is 0 Å². The molecule has 1 aromatic rings. The van der Waals surface area contributed by atoms with Gasteiger partial charge in [-0.1, -0.05) is 12.1 Å². The van der Waals surface area contributed by atoms with E-state index in [1.54, 1.807) is 6.07 Å². The van der Waals surface area contributed by atoms with Crippen LogP contribution in [0.25, 0.3) is 0 Å². The Morgan fingerprint density at radius 3 is 2.74 bits per heavy atom. The fourth-order valence-corrected chi connectivity index (χ4v) is 4.97. The number of nitrogens with one attached hydrogen (secondary N) is 1. The second-order valence-corrected chi connectivity index (χ2v) is 8.35. The van der Waals surface area contributed by atoms with Gasteiger partial charge >= 0.3 is 0 Å². The molecule has 0 saturated carbocycles. The van der Waals surface area contributed by atoms with E-state index in [9.17, 15) is 8.42 Å². The molecule has 4 N–H and O–H groups in total. The zero-order chi connectivity index (χ0) is 14.6. The maximum absolute atomic E-state index is 12.2. The molecule has 0 bridgehead atoms. The van der Waals surface area contributed by atoms with Gasteiger partial charge in [0.15, 0.2) is 0 Å². The van der Waals surface area contributed by atoms with Crippen molar-refractivity contribution in [3.8, 4) is 0 Å². The third-order valence-corrected chi connectivity index (χ3v) is 6.63. The molecular weight excluding hydrogens is 354 g/mol. The highest BCUT2D eigenvalue weighted by Crippen LogP contribution is 2.30. The Bertz CT molecular complexity index is 549. The number of nitrogens with zero attached hydrogens (tertiary/aromatic N) is 1. The number of aryl methyl sites for hydroxylation is 1. The van der Waals surface area contributed by atoms with Crippen LogP contribution >= 0.6 is 27.3 Å². The highest BCUT2D eigenvalue weighted by molar-refractivity contribution is 9.11. The van der Waals surface area contributed by atoms with Gasteiger partial charge in [-0.15, -0.1) is 11.3 Å². The lowest BCUT2D eigenvalue weighted by Gasteiger charge is -2.15. The van der Waals surface area contributed by atoms with Crippen molar-refractivity contribution < 1.29 is 13.6 Å². The zero-order valence-electron chi connectivity index (χ0n) is 10.6. The molecule has 0 radical (unpaired) electrons. The van der Waals surface area contributed by atoms with Crippen molar-refractivity contribution in [1.82, 2.24) is 4.72 Å². The van der Waals surface area contributed by atoms with Gasteiger partial charge in [-0.25, -0.2) is 13.1 Å². The summed E-state index contributed by atoms with van der Waals surface area (Å²) < 4.78 is 27.9. The molecule has 1 unspecified atom stereocenters. The molecule has 19 heavy (non-hydrogen) atoms. The summed E-state index contributed by atoms with van der Waals surface area (Å²) in [5, 5.41) is 11.4. The highest BCUT2D eigenvalue weighted by Gasteiger charge is 2.22. The first-order chi connectivity index (χ1) is 8.80. The summed E-state index contributed by atoms with van der Waals surface area (Å²) in [6.07, 6.45) is 0.707. The van der Waals surface area contributed by atoms with Gasteiger partial charge in [0, 0.05) is 12.5 Å². The molecule has 6 nitrogen and oxygen atoms in total. The molecule has 9 heteroatoms. The molecule has 0 aliphatic rings. The lowest BCUT2D eigenvalue weighted by atomic mass is 10.1. The van der Waals surface area contributed by atoms with Gasteiger partial charge in [-0.05, 0) is 40.9 Å². The Hall–Kier alpha value is -0.640. The van der Waals surface area contributed by atoms with E-state index < -0.39 is 16.1 Å². The molecular formula is C10H16BrN3O3S2. The Balaban J connectivity index is 2.89. The maximum Gasteiger partial charge on any atom is 0.250 e. The standard InChI is InChI=1S/C10H16BrN3O3S2/c1-3-7(5-8(12)13-15)14-19(16,17)9-4-6(2)10(11)18-9/h4,7,14-15H,3,5H2,1-2H3,(H2,12,13). The SMILES string of the molecule is CCC(CC(N)=NO)NS(=O)(=O)c1cc(C)c(Br)s1. The van der Waals surface area contributed by atoms with Crippen LogP contribution in [0.15, 0.2) is 19.2 Å². The molecule has 0 aliphatic carbocycles. The van der Waals surface area contributed by atoms with Crippen molar-refractivity contribution in [3.05, 3.63) is 15.4 Å². The van der Waals surface area contributed by atoms with E-state index in [0.29, 0.717) is 6.42 Å². The van der Waals surface area contributed by atoms with E-state index in [0.717, 1.165) is 20.7 Å². The van der Waals surface area contributed by atoms with Crippen LogP contribution < -0.4 is 10.5 Å². The van der Waals surface area contributed by atoms with Crippen LogP contribution in [-0.4, -0.2) is 25.5 Å². The first-order valence-electron chi connectivity index (χ1n) is 5.54. The smallest absolute Gasteiger partial charge is 0.250 e. The Morgan fingerprint density at radius 2 is 2.32 bits per heavy atom. The Labute approximate surface area is 124 Å². The van der Waals surface area contributed by atoms with Gasteiger partial charge in [0.05, 0.1) is 3.79 Å². The highest BCUT2D eigenvalue weighted by atomic mass is 79.9. The molecule has 108 valence electrons. The fraction of sp³-hybridized carbons (Fsp3) is 0.500. The van der Waals surface area contributed by atoms with Gasteiger partial charge in [0.1, 0.15) is 10.0 Å². The number of hydrogen-bond acceptors (Lipinski definition) is 5. The third-order valence-electron chi connectivity index (χ3n) is 2.50. The summed E-state index contributed by atoms with van der Waals surface area (Å²) in [6, 6.07) is 1.20. The first kappa shape index (κ1) is 16.4. The molecule has 0 amide bonds. The number of halogens is 1. The third kappa shape index (κ3) is 4.44. The van der Waals surface area contributed by atoms with Gasteiger partial charge in [0.25, 0.3) is 0 Å². The van der Waals surface area contributed by atoms with E-state index in [4.69, 9.17) is 10.9 Å². The molecule has 1 atom stereocenters. The number of hydrogen-bond donors (Lipinski definition) is 3. The summed E-state index contributed by atoms with van der Waals surface area (Å²) in [7, 11) is -3.58. The van der Waals surface area contributed by atoms with Crippen LogP contribution in [0.5, 0.6) is 0 Å². The number of thiophene rings is 1. The molecule has 1 aromatic heterocycles. The fourth-order valence-electron chi connectivity index (χ4n) is 1.40. The number of amidine groups is 1. The number of sulfonamides is 1. The average molecular weight is 370 g/mol. The van der Waals surface area contributed by atoms with Crippen LogP contribution in [0.4, 0.5) is 0 Å². The average Bonchev–Trinajstić information content (AvgIpc) is 2.69. The van der Waals surface area contributed by atoms with Gasteiger partial charge in [-0.3, -0.25) is 0 Å². The summed E-state index contributed by atoms with van der Waals surface area (Å²) in [5.41, 5.74) is 6.27. The van der Waals surface area contributed by atoms with Crippen LogP contribution in [0, 0.1) is 6.92 Å². The number of nitrogens with two attached hydrogens (primary N) is 1. The van der Waals surface area contributed by atoms with E-state index >= 15 is 0 Å². The van der Waals surface area contributed by atoms with E-state index in [-0.39, 0.29) is 16.5 Å². The van der Waals surface area contributed by atoms with Crippen LogP contribution in [-0.2, 0) is 10.0 Å². The van der Waals surface area contributed by atoms with Crippen molar-refractivity contribution in [2.75, 3.05) is 0 Å². The molecule has 1 heterocycles. The summed E-state index contributed by atoms with van der Waals surface area (Å²) in [6.45, 7) is 3.65. The molecule has 0 spiro atoms. The van der Waals surface area contributed by atoms with Gasteiger partial charge < -0.3 is 10.9 Å². The minimum absolute atomic E-state index is 0.00177. The normalized spacial score (nSPS) is 14.6. The molecule has 0 saturated heterocycles. The van der Waals surface area contributed by atoms with Crippen molar-refractivity contribution in [3.63, 3.8) is 0 Å². The molecule has 0 aromatic carbocycles. The van der Waals surface area contributed by atoms with Crippen molar-refractivity contribution in [1.29, 1.82) is 0 Å². The van der Waals surface area contributed by atoms with Crippen molar-refractivity contribution >= 4 is 43.1 Å². The first-order valence-corrected chi connectivity index (χ1v) is 8.64. The molecule has 1 rings (SSSR count). The minimum atomic E-state index is -3.58. The second kappa shape index (κ2) is 6.69. The van der Waals surface area contributed by atoms with Crippen LogP contribution in [0.2, 0.25) is 0 Å². The summed E-state index contributed by atoms with van der Waals surface area (Å²) in [4.78, 5) is 0. The number of oxime groups is 1. The Morgan fingerprint density at radius 1 is 1.68 bits per heavy atom. The lowest BCUT2D eigenvalue weighted by molar-refractivity contribution is 0.316. The van der Waals surface area contributed by atoms with Crippen molar-refractivity contribution in [2.45, 2.75) is 36.9 Å². The summed E-state index contributed by atoms with van der Waals surface area (Å²) in [5.74, 6) is -0.00177. The summed E-state index contributed by atoms with van der Waals surface area (Å²) >= 11 is 4.45.